The molecular weight excluding hydrogens is 196 g/mol. The molecule has 0 rings (SSSR count). The summed E-state index contributed by atoms with van der Waals surface area (Å²) in [5, 5.41) is 22.7. The molecule has 0 fully saturated rings. The van der Waals surface area contributed by atoms with Crippen molar-refractivity contribution in [1.29, 1.82) is 5.26 Å². The van der Waals surface area contributed by atoms with E-state index in [-0.39, 0.29) is 0 Å². The molecule has 0 saturated heterocycles. The van der Waals surface area contributed by atoms with E-state index in [1.807, 2.05) is 0 Å². The second kappa shape index (κ2) is 7.51. The Labute approximate surface area is 78.5 Å². The predicted molar refractivity (Wildman–Crippen MR) is 40.9 cm³/mol. The maximum absolute atomic E-state index is 10.2. The van der Waals surface area contributed by atoms with Gasteiger partial charge in [0.2, 0.25) is 0 Å². The van der Waals surface area contributed by atoms with Crippen molar-refractivity contribution >= 4 is 17.9 Å². The summed E-state index contributed by atoms with van der Waals surface area (Å²) in [6.07, 6.45) is 0. The van der Waals surface area contributed by atoms with Crippen molar-refractivity contribution in [2.75, 3.05) is 7.11 Å². The van der Waals surface area contributed by atoms with E-state index in [1.165, 1.54) is 13.2 Å². The molecule has 4 N–H and O–H groups in total. The van der Waals surface area contributed by atoms with Crippen LogP contribution in [0.15, 0.2) is 0 Å². The molecule has 0 amide bonds. The number of carbonyl (C=O) groups is 3. The van der Waals surface area contributed by atoms with Crippen LogP contribution in [0.25, 0.3) is 0 Å². The van der Waals surface area contributed by atoms with Crippen molar-refractivity contribution in [2.24, 2.45) is 5.73 Å². The van der Waals surface area contributed by atoms with Gasteiger partial charge < -0.3 is 20.7 Å². The van der Waals surface area contributed by atoms with Gasteiger partial charge in [0.05, 0.1) is 13.2 Å². The van der Waals surface area contributed by atoms with Crippen LogP contribution < -0.4 is 5.73 Å². The maximum Gasteiger partial charge on any atom is 0.414 e. The lowest BCUT2D eigenvalue weighted by atomic mass is 10.4. The maximum atomic E-state index is 10.2. The molecule has 0 aliphatic heterocycles. The SMILES string of the molecule is COC(=O)C(N)C#N.O=C(O)C(=O)O. The van der Waals surface area contributed by atoms with Gasteiger partial charge in [-0.15, -0.1) is 0 Å². The number of methoxy groups -OCH3 is 1. The molecule has 1 atom stereocenters. The monoisotopic (exact) mass is 204 g/mol. The van der Waals surface area contributed by atoms with E-state index in [9.17, 15) is 4.79 Å². The largest absolute Gasteiger partial charge is 0.473 e. The van der Waals surface area contributed by atoms with E-state index >= 15 is 0 Å². The lowest BCUT2D eigenvalue weighted by molar-refractivity contribution is -0.159. The van der Waals surface area contributed by atoms with Gasteiger partial charge in [0.25, 0.3) is 0 Å². The number of rotatable bonds is 1. The normalized spacial score (nSPS) is 9.79. The zero-order valence-electron chi connectivity index (χ0n) is 7.13. The number of esters is 1. The fraction of sp³-hybridized carbons (Fsp3) is 0.333. The lowest BCUT2D eigenvalue weighted by Gasteiger charge is -1.95. The molecule has 0 bridgehead atoms. The number of carboxylic acid groups (broad SMARTS) is 2. The van der Waals surface area contributed by atoms with Gasteiger partial charge in [0.1, 0.15) is 0 Å². The first-order valence-electron chi connectivity index (χ1n) is 3.06. The van der Waals surface area contributed by atoms with Crippen molar-refractivity contribution in [3.8, 4) is 6.07 Å². The first-order chi connectivity index (χ1) is 6.36. The summed E-state index contributed by atoms with van der Waals surface area (Å²) in [7, 11) is 1.18. The Morgan fingerprint density at radius 2 is 1.71 bits per heavy atom. The summed E-state index contributed by atoms with van der Waals surface area (Å²) >= 11 is 0. The minimum Gasteiger partial charge on any atom is -0.473 e. The van der Waals surface area contributed by atoms with Crippen LogP contribution in [0.4, 0.5) is 0 Å². The molecule has 8 nitrogen and oxygen atoms in total. The summed E-state index contributed by atoms with van der Waals surface area (Å²) in [5.74, 6) is -4.35. The molecule has 0 aliphatic carbocycles. The standard InChI is InChI=1S/C4H6N2O2.C2H2O4/c1-8-4(7)3(6)2-5;3-1(4)2(5)6/h3H,6H2,1H3;(H,3,4)(H,5,6). The van der Waals surface area contributed by atoms with Crippen molar-refractivity contribution in [1.82, 2.24) is 0 Å². The average molecular weight is 204 g/mol. The summed E-state index contributed by atoms with van der Waals surface area (Å²) < 4.78 is 4.12. The fourth-order valence-electron chi connectivity index (χ4n) is 0.180. The summed E-state index contributed by atoms with van der Waals surface area (Å²) in [6, 6.07) is 0.380. The van der Waals surface area contributed by atoms with Crippen molar-refractivity contribution in [2.45, 2.75) is 6.04 Å². The molecule has 0 radical (unpaired) electrons. The highest BCUT2D eigenvalue weighted by molar-refractivity contribution is 6.27. The molecule has 0 aliphatic rings. The molecule has 14 heavy (non-hydrogen) atoms. The number of hydrogen-bond acceptors (Lipinski definition) is 6. The number of aliphatic carboxylic acids is 2. The van der Waals surface area contributed by atoms with E-state index in [0.29, 0.717) is 0 Å². The van der Waals surface area contributed by atoms with Crippen LogP contribution in [0.2, 0.25) is 0 Å². The third-order valence-corrected chi connectivity index (χ3v) is 0.777. The molecule has 0 heterocycles. The Kier molecular flexibility index (Phi) is 7.71. The molecule has 1 unspecified atom stereocenters. The van der Waals surface area contributed by atoms with Gasteiger partial charge in [0, 0.05) is 0 Å². The number of nitriles is 1. The van der Waals surface area contributed by atoms with Gasteiger partial charge in [-0.1, -0.05) is 0 Å². The summed E-state index contributed by atoms with van der Waals surface area (Å²) in [4.78, 5) is 28.4. The minimum absolute atomic E-state index is 0.701. The van der Waals surface area contributed by atoms with Crippen LogP contribution in [-0.2, 0) is 19.1 Å². The van der Waals surface area contributed by atoms with Crippen LogP contribution in [0.5, 0.6) is 0 Å². The predicted octanol–water partition coefficient (Wildman–Crippen LogP) is -1.83. The number of carboxylic acids is 2. The summed E-state index contributed by atoms with van der Waals surface area (Å²) in [5.41, 5.74) is 4.89. The van der Waals surface area contributed by atoms with Crippen LogP contribution in [-0.4, -0.2) is 41.3 Å². The highest BCUT2D eigenvalue weighted by Gasteiger charge is 2.10. The van der Waals surface area contributed by atoms with Gasteiger partial charge >= 0.3 is 17.9 Å². The molecule has 0 aromatic rings. The topological polar surface area (TPSA) is 151 Å². The van der Waals surface area contributed by atoms with Crippen LogP contribution >= 0.6 is 0 Å². The highest BCUT2D eigenvalue weighted by Crippen LogP contribution is 1.77. The Morgan fingerprint density at radius 1 is 1.36 bits per heavy atom. The first-order valence-corrected chi connectivity index (χ1v) is 3.06. The van der Waals surface area contributed by atoms with E-state index in [1.54, 1.807) is 0 Å². The van der Waals surface area contributed by atoms with Crippen molar-refractivity contribution in [3.63, 3.8) is 0 Å². The Bertz CT molecular complexity index is 256. The number of nitrogens with two attached hydrogens (primary N) is 1. The fourth-order valence-corrected chi connectivity index (χ4v) is 0.180. The molecule has 78 valence electrons. The zero-order valence-corrected chi connectivity index (χ0v) is 7.13. The zero-order chi connectivity index (χ0) is 11.7. The second-order valence-electron chi connectivity index (χ2n) is 1.74. The molecule has 0 saturated carbocycles. The number of carbonyl (C=O) groups excluding carboxylic acids is 1. The first kappa shape index (κ1) is 14.4. The molecule has 0 spiro atoms. The smallest absolute Gasteiger partial charge is 0.414 e. The van der Waals surface area contributed by atoms with Crippen molar-refractivity contribution in [3.05, 3.63) is 0 Å². The molecular formula is C6H8N2O6. The highest BCUT2D eigenvalue weighted by atomic mass is 16.5. The third kappa shape index (κ3) is 7.96. The molecule has 0 aromatic heterocycles. The van der Waals surface area contributed by atoms with Gasteiger partial charge in [0.15, 0.2) is 6.04 Å². The van der Waals surface area contributed by atoms with Crippen LogP contribution in [0, 0.1) is 11.3 Å². The van der Waals surface area contributed by atoms with E-state index in [4.69, 9.17) is 30.8 Å². The van der Waals surface area contributed by atoms with Crippen LogP contribution in [0.1, 0.15) is 0 Å². The van der Waals surface area contributed by atoms with Gasteiger partial charge in [-0.2, -0.15) is 5.26 Å². The van der Waals surface area contributed by atoms with E-state index < -0.39 is 23.9 Å². The van der Waals surface area contributed by atoms with Crippen molar-refractivity contribution < 1.29 is 29.3 Å². The van der Waals surface area contributed by atoms with E-state index in [2.05, 4.69) is 4.74 Å². The Hall–Kier alpha value is -2.14. The number of hydrogen-bond donors (Lipinski definition) is 3. The number of nitrogens with zero attached hydrogens (tertiary/aromatic N) is 1. The Balaban J connectivity index is 0. The minimum atomic E-state index is -1.82. The molecule has 8 heteroatoms. The second-order valence-corrected chi connectivity index (χ2v) is 1.74. The van der Waals surface area contributed by atoms with Gasteiger partial charge in [-0.05, 0) is 0 Å². The lowest BCUT2D eigenvalue weighted by Crippen LogP contribution is -2.29. The van der Waals surface area contributed by atoms with E-state index in [0.717, 1.165) is 0 Å². The molecule has 0 aromatic carbocycles. The Morgan fingerprint density at radius 3 is 1.79 bits per heavy atom. The quantitative estimate of drug-likeness (QED) is 0.333. The van der Waals surface area contributed by atoms with Crippen LogP contribution in [0.3, 0.4) is 0 Å². The van der Waals surface area contributed by atoms with Gasteiger partial charge in [-0.3, -0.25) is 0 Å². The third-order valence-electron chi connectivity index (χ3n) is 0.777. The number of ether oxygens (including phenoxy) is 1. The van der Waals surface area contributed by atoms with Gasteiger partial charge in [-0.25, -0.2) is 14.4 Å². The summed E-state index contributed by atoms with van der Waals surface area (Å²) in [6.45, 7) is 0. The average Bonchev–Trinajstić information content (AvgIpc) is 2.16.